The fourth-order valence-corrected chi connectivity index (χ4v) is 2.71. The number of fused-ring (bicyclic) bond motifs is 1. The molecular formula is C20H22N2O4. The summed E-state index contributed by atoms with van der Waals surface area (Å²) in [4.78, 5) is 21.4. The molecule has 2 aromatic rings. The van der Waals surface area contributed by atoms with E-state index in [2.05, 4.69) is 5.32 Å². The van der Waals surface area contributed by atoms with Crippen LogP contribution in [-0.4, -0.2) is 28.2 Å². The van der Waals surface area contributed by atoms with Gasteiger partial charge in [0.05, 0.1) is 17.2 Å². The van der Waals surface area contributed by atoms with Crippen molar-refractivity contribution in [2.24, 2.45) is 0 Å². The second-order valence-electron chi connectivity index (χ2n) is 6.15. The number of anilines is 2. The van der Waals surface area contributed by atoms with E-state index < -0.39 is 11.9 Å². The highest BCUT2D eigenvalue weighted by Crippen LogP contribution is 2.29. The first-order valence-electron chi connectivity index (χ1n) is 8.11. The van der Waals surface area contributed by atoms with Gasteiger partial charge in [-0.3, -0.25) is 0 Å². The van der Waals surface area contributed by atoms with Gasteiger partial charge in [-0.2, -0.15) is 0 Å². The van der Waals surface area contributed by atoms with Gasteiger partial charge in [-0.1, -0.05) is 30.3 Å². The molecule has 136 valence electrons. The fraction of sp³-hybridized carbons (Fsp3) is 0.200. The average Bonchev–Trinajstić information content (AvgIpc) is 2.58. The maximum Gasteiger partial charge on any atom is 0.337 e. The molecule has 3 rings (SSSR count). The zero-order valence-electron chi connectivity index (χ0n) is 14.9. The fourth-order valence-electron chi connectivity index (χ4n) is 2.71. The minimum atomic E-state index is -0.980. The normalized spacial score (nSPS) is 14.9. The highest BCUT2D eigenvalue weighted by molar-refractivity contribution is 5.97. The number of benzene rings is 2. The minimum Gasteiger partial charge on any atom is -0.478 e. The van der Waals surface area contributed by atoms with E-state index in [1.165, 1.54) is 6.07 Å². The second-order valence-corrected chi connectivity index (χ2v) is 6.15. The Labute approximate surface area is 152 Å². The molecule has 0 radical (unpaired) electrons. The summed E-state index contributed by atoms with van der Waals surface area (Å²) in [7, 11) is 0. The van der Waals surface area contributed by atoms with Crippen LogP contribution in [-0.2, 0) is 4.79 Å². The van der Waals surface area contributed by atoms with E-state index in [1.54, 1.807) is 25.1 Å². The molecule has 1 aliphatic rings. The Morgan fingerprint density at radius 1 is 1.00 bits per heavy atom. The van der Waals surface area contributed by atoms with Crippen LogP contribution in [0.3, 0.4) is 0 Å². The molecule has 0 amide bonds. The largest absolute Gasteiger partial charge is 0.478 e. The van der Waals surface area contributed by atoms with Crippen LogP contribution in [0.4, 0.5) is 11.4 Å². The average molecular weight is 354 g/mol. The molecule has 0 bridgehead atoms. The second kappa shape index (κ2) is 7.74. The Morgan fingerprint density at radius 3 is 2.19 bits per heavy atom. The number of aliphatic carboxylic acids is 1. The standard InChI is InChI=1S/C12H13NO2.C8H9NO2/c1-7-4-3-5-9-6-10(12(14)15)8(2)13-11(7)9;1-5-3-2-4-6(7(5)9)8(10)11/h3-6,8,13H,1-2H3,(H,14,15);2-4H,9H2,1H3,(H,10,11). The van der Waals surface area contributed by atoms with E-state index in [4.69, 9.17) is 15.9 Å². The number of carboxylic acid groups (broad SMARTS) is 2. The third-order valence-corrected chi connectivity index (χ3v) is 4.24. The number of nitrogens with two attached hydrogens (primary N) is 1. The van der Waals surface area contributed by atoms with Gasteiger partial charge in [0, 0.05) is 11.4 Å². The molecule has 6 heteroatoms. The molecule has 1 unspecified atom stereocenters. The Balaban J connectivity index is 0.000000197. The number of aryl methyl sites for hydroxylation is 2. The molecule has 0 spiro atoms. The van der Waals surface area contributed by atoms with E-state index in [0.29, 0.717) is 11.3 Å². The molecule has 0 saturated carbocycles. The summed E-state index contributed by atoms with van der Waals surface area (Å²) < 4.78 is 0. The number of hydrogen-bond donors (Lipinski definition) is 4. The molecule has 1 aliphatic heterocycles. The number of nitrogens with one attached hydrogen (secondary N) is 1. The van der Waals surface area contributed by atoms with Crippen LogP contribution in [0.5, 0.6) is 0 Å². The SMILES string of the molecule is Cc1cccc(C(=O)O)c1N.Cc1cccc2c1NC(C)C(C(=O)O)=C2. The first-order chi connectivity index (χ1) is 12.2. The van der Waals surface area contributed by atoms with Crippen LogP contribution >= 0.6 is 0 Å². The van der Waals surface area contributed by atoms with Crippen molar-refractivity contribution in [1.82, 2.24) is 0 Å². The molecule has 0 aliphatic carbocycles. The summed E-state index contributed by atoms with van der Waals surface area (Å²) in [5, 5.41) is 20.8. The topological polar surface area (TPSA) is 113 Å². The van der Waals surface area contributed by atoms with Crippen LogP contribution in [0.2, 0.25) is 0 Å². The van der Waals surface area contributed by atoms with E-state index in [-0.39, 0.29) is 11.6 Å². The quantitative estimate of drug-likeness (QED) is 0.614. The van der Waals surface area contributed by atoms with E-state index in [9.17, 15) is 9.59 Å². The molecule has 1 atom stereocenters. The van der Waals surface area contributed by atoms with Gasteiger partial charge in [-0.05, 0) is 49.6 Å². The first-order valence-corrected chi connectivity index (χ1v) is 8.11. The van der Waals surface area contributed by atoms with Gasteiger partial charge in [0.1, 0.15) is 0 Å². The molecule has 0 saturated heterocycles. The van der Waals surface area contributed by atoms with Crippen molar-refractivity contribution in [2.75, 3.05) is 11.1 Å². The van der Waals surface area contributed by atoms with E-state index in [0.717, 1.165) is 22.4 Å². The number of carboxylic acids is 2. The number of hydrogen-bond acceptors (Lipinski definition) is 4. The summed E-state index contributed by atoms with van der Waals surface area (Å²) in [6.07, 6.45) is 1.74. The summed E-state index contributed by atoms with van der Waals surface area (Å²) in [5.74, 6) is -1.84. The lowest BCUT2D eigenvalue weighted by molar-refractivity contribution is -0.132. The highest BCUT2D eigenvalue weighted by Gasteiger charge is 2.22. The zero-order chi connectivity index (χ0) is 19.4. The van der Waals surface area contributed by atoms with Crippen LogP contribution in [0.15, 0.2) is 42.0 Å². The van der Waals surface area contributed by atoms with E-state index in [1.807, 2.05) is 32.0 Å². The number of carbonyl (C=O) groups is 2. The molecule has 6 nitrogen and oxygen atoms in total. The Morgan fingerprint density at radius 2 is 1.62 bits per heavy atom. The predicted molar refractivity (Wildman–Crippen MR) is 102 cm³/mol. The summed E-state index contributed by atoms with van der Waals surface area (Å²) >= 11 is 0. The van der Waals surface area contributed by atoms with Crippen LogP contribution < -0.4 is 11.1 Å². The Kier molecular flexibility index (Phi) is 5.67. The number of rotatable bonds is 2. The van der Waals surface area contributed by atoms with Gasteiger partial charge in [-0.15, -0.1) is 0 Å². The molecule has 26 heavy (non-hydrogen) atoms. The summed E-state index contributed by atoms with van der Waals surface area (Å²) in [6.45, 7) is 5.65. The smallest absolute Gasteiger partial charge is 0.337 e. The summed E-state index contributed by atoms with van der Waals surface area (Å²) in [6, 6.07) is 10.7. The van der Waals surface area contributed by atoms with Crippen LogP contribution in [0.25, 0.3) is 6.08 Å². The zero-order valence-corrected chi connectivity index (χ0v) is 14.9. The lowest BCUT2D eigenvalue weighted by Gasteiger charge is -2.24. The minimum absolute atomic E-state index is 0.143. The lowest BCUT2D eigenvalue weighted by Crippen LogP contribution is -2.26. The van der Waals surface area contributed by atoms with Crippen LogP contribution in [0, 0.1) is 13.8 Å². The lowest BCUT2D eigenvalue weighted by atomic mass is 9.96. The molecule has 5 N–H and O–H groups in total. The van der Waals surface area contributed by atoms with Crippen molar-refractivity contribution in [3.8, 4) is 0 Å². The van der Waals surface area contributed by atoms with Gasteiger partial charge < -0.3 is 21.3 Å². The number of nitrogen functional groups attached to an aromatic ring is 1. The van der Waals surface area contributed by atoms with Crippen LogP contribution in [0.1, 0.15) is 34.0 Å². The molecule has 2 aromatic carbocycles. The van der Waals surface area contributed by atoms with Crippen molar-refractivity contribution >= 4 is 29.4 Å². The van der Waals surface area contributed by atoms with Crippen molar-refractivity contribution in [3.05, 3.63) is 64.2 Å². The molecule has 0 fully saturated rings. The summed E-state index contributed by atoms with van der Waals surface area (Å²) in [5.41, 5.74) is 10.4. The first kappa shape index (κ1) is 19.1. The Hall–Kier alpha value is -3.28. The van der Waals surface area contributed by atoms with Gasteiger partial charge >= 0.3 is 11.9 Å². The van der Waals surface area contributed by atoms with Gasteiger partial charge in [0.2, 0.25) is 0 Å². The molecular weight excluding hydrogens is 332 g/mol. The van der Waals surface area contributed by atoms with Gasteiger partial charge in [0.15, 0.2) is 0 Å². The monoisotopic (exact) mass is 354 g/mol. The maximum atomic E-state index is 11.0. The van der Waals surface area contributed by atoms with Crippen molar-refractivity contribution in [3.63, 3.8) is 0 Å². The number of aromatic carboxylic acids is 1. The predicted octanol–water partition coefficient (Wildman–Crippen LogP) is 3.55. The van der Waals surface area contributed by atoms with Crippen molar-refractivity contribution in [1.29, 1.82) is 0 Å². The number of para-hydroxylation sites is 2. The molecule has 0 aromatic heterocycles. The van der Waals surface area contributed by atoms with Gasteiger partial charge in [0.25, 0.3) is 0 Å². The third kappa shape index (κ3) is 4.03. The third-order valence-electron chi connectivity index (χ3n) is 4.24. The maximum absolute atomic E-state index is 11.0. The highest BCUT2D eigenvalue weighted by atomic mass is 16.4. The van der Waals surface area contributed by atoms with E-state index >= 15 is 0 Å². The van der Waals surface area contributed by atoms with Crippen molar-refractivity contribution < 1.29 is 19.8 Å². The Bertz CT molecular complexity index is 887. The van der Waals surface area contributed by atoms with Gasteiger partial charge in [-0.25, -0.2) is 9.59 Å². The molecule has 1 heterocycles. The van der Waals surface area contributed by atoms with Crippen molar-refractivity contribution in [2.45, 2.75) is 26.8 Å².